The highest BCUT2D eigenvalue weighted by molar-refractivity contribution is 7.91. The Labute approximate surface area is 247 Å². The van der Waals surface area contributed by atoms with Crippen molar-refractivity contribution in [3.05, 3.63) is 88.4 Å². The molecule has 0 amide bonds. The molecule has 0 aliphatic carbocycles. The number of hydrogen-bond acceptors (Lipinski definition) is 10. The fourth-order valence-electron chi connectivity index (χ4n) is 4.57. The summed E-state index contributed by atoms with van der Waals surface area (Å²) in [6.45, 7) is 0.611. The molecule has 4 heterocycles. The fraction of sp³-hybridized carbons (Fsp3) is 0.214. The minimum absolute atomic E-state index is 0.00132. The van der Waals surface area contributed by atoms with Crippen LogP contribution in [0.1, 0.15) is 16.1 Å². The quantitative estimate of drug-likeness (QED) is 0.212. The number of fused-ring (bicyclic) bond motifs is 1. The molecule has 0 bridgehead atoms. The van der Waals surface area contributed by atoms with Crippen LogP contribution in [0.25, 0.3) is 22.3 Å². The van der Waals surface area contributed by atoms with Gasteiger partial charge >= 0.3 is 6.18 Å². The molecule has 3 aromatic heterocycles. The van der Waals surface area contributed by atoms with Gasteiger partial charge in [0.05, 0.1) is 41.0 Å². The van der Waals surface area contributed by atoms with Crippen LogP contribution in [0.2, 0.25) is 0 Å². The minimum atomic E-state index is -4.72. The van der Waals surface area contributed by atoms with Crippen LogP contribution in [0.15, 0.2) is 66.4 Å². The molecular formula is C28H22F4N6O3S2. The largest absolute Gasteiger partial charge is 0.488 e. The molecule has 0 atom stereocenters. The van der Waals surface area contributed by atoms with Gasteiger partial charge in [-0.05, 0) is 42.0 Å². The zero-order valence-electron chi connectivity index (χ0n) is 22.2. The van der Waals surface area contributed by atoms with Gasteiger partial charge < -0.3 is 10.1 Å². The molecule has 43 heavy (non-hydrogen) atoms. The van der Waals surface area contributed by atoms with Crippen LogP contribution >= 0.6 is 11.3 Å². The number of pyridine rings is 1. The molecule has 1 N–H and O–H groups in total. The number of nitrogens with zero attached hydrogens (tertiary/aromatic N) is 5. The van der Waals surface area contributed by atoms with E-state index in [4.69, 9.17) is 4.74 Å². The maximum absolute atomic E-state index is 14.0. The predicted octanol–water partition coefficient (Wildman–Crippen LogP) is 5.82. The van der Waals surface area contributed by atoms with Crippen molar-refractivity contribution in [2.24, 2.45) is 0 Å². The second-order valence-electron chi connectivity index (χ2n) is 9.82. The molecule has 0 radical (unpaired) electrons. The standard InChI is InChI=1S/C28H22F4N6O3S2/c29-18-3-1-2-17(8-18)13-41-25-5-4-19(9-21(25)28(30,31)32)36-27-20-10-22(33-11-23(20)34-15-35-27)24-14-42-26(37-24)12-38-6-7-43(39,40)16-38/h1-5,8-11,14-15H,6-7,12-13,16H2,(H,34,35,36). The minimum Gasteiger partial charge on any atom is -0.488 e. The molecule has 0 saturated carbocycles. The van der Waals surface area contributed by atoms with Gasteiger partial charge in [-0.25, -0.2) is 27.8 Å². The molecule has 5 aromatic rings. The lowest BCUT2D eigenvalue weighted by Gasteiger charge is -2.16. The van der Waals surface area contributed by atoms with Crippen molar-refractivity contribution < 1.29 is 30.7 Å². The van der Waals surface area contributed by atoms with E-state index in [0.29, 0.717) is 40.9 Å². The van der Waals surface area contributed by atoms with Crippen LogP contribution in [0.3, 0.4) is 0 Å². The van der Waals surface area contributed by atoms with E-state index in [1.54, 1.807) is 12.1 Å². The Bertz CT molecular complexity index is 1920. The van der Waals surface area contributed by atoms with Gasteiger partial charge in [0.15, 0.2) is 9.84 Å². The number of halogens is 4. The first-order valence-corrected chi connectivity index (χ1v) is 15.6. The van der Waals surface area contributed by atoms with E-state index in [-0.39, 0.29) is 29.7 Å². The Morgan fingerprint density at radius 2 is 1.91 bits per heavy atom. The first-order chi connectivity index (χ1) is 20.5. The lowest BCUT2D eigenvalue weighted by molar-refractivity contribution is -0.139. The van der Waals surface area contributed by atoms with E-state index in [1.165, 1.54) is 54.2 Å². The molecule has 1 aliphatic heterocycles. The molecule has 9 nitrogen and oxygen atoms in total. The van der Waals surface area contributed by atoms with Crippen LogP contribution < -0.4 is 10.1 Å². The number of nitrogens with one attached hydrogen (secondary N) is 1. The summed E-state index contributed by atoms with van der Waals surface area (Å²) in [6, 6.07) is 10.7. The Kier molecular flexibility index (Phi) is 7.70. The van der Waals surface area contributed by atoms with E-state index >= 15 is 0 Å². The Morgan fingerprint density at radius 3 is 2.67 bits per heavy atom. The van der Waals surface area contributed by atoms with Gasteiger partial charge in [-0.2, -0.15) is 13.2 Å². The van der Waals surface area contributed by atoms with E-state index < -0.39 is 33.1 Å². The molecule has 0 spiro atoms. The molecular weight excluding hydrogens is 608 g/mol. The number of hydrogen-bond donors (Lipinski definition) is 1. The highest BCUT2D eigenvalue weighted by Crippen LogP contribution is 2.39. The van der Waals surface area contributed by atoms with Gasteiger partial charge in [0, 0.05) is 23.0 Å². The summed E-state index contributed by atoms with van der Waals surface area (Å²) in [4.78, 5) is 19.3. The summed E-state index contributed by atoms with van der Waals surface area (Å²) in [6.07, 6.45) is -1.92. The molecule has 15 heteroatoms. The normalized spacial score (nSPS) is 15.2. The van der Waals surface area contributed by atoms with Crippen molar-refractivity contribution in [3.63, 3.8) is 0 Å². The van der Waals surface area contributed by atoms with Crippen LogP contribution in [-0.4, -0.2) is 51.4 Å². The molecule has 1 saturated heterocycles. The van der Waals surface area contributed by atoms with Crippen molar-refractivity contribution in [2.75, 3.05) is 23.5 Å². The zero-order chi connectivity index (χ0) is 30.2. The molecule has 1 fully saturated rings. The Balaban J connectivity index is 1.24. The third kappa shape index (κ3) is 6.73. The van der Waals surface area contributed by atoms with Gasteiger partial charge in [-0.15, -0.1) is 11.3 Å². The maximum Gasteiger partial charge on any atom is 0.420 e. The van der Waals surface area contributed by atoms with Gasteiger partial charge in [0.2, 0.25) is 0 Å². The van der Waals surface area contributed by atoms with Crippen molar-refractivity contribution >= 4 is 43.6 Å². The monoisotopic (exact) mass is 630 g/mol. The number of aromatic nitrogens is 4. The third-order valence-corrected chi connectivity index (χ3v) is 9.02. The van der Waals surface area contributed by atoms with Crippen LogP contribution in [0.5, 0.6) is 5.75 Å². The average molecular weight is 631 g/mol. The summed E-state index contributed by atoms with van der Waals surface area (Å²) in [5, 5.41) is 5.99. The van der Waals surface area contributed by atoms with Gasteiger partial charge in [-0.3, -0.25) is 9.88 Å². The zero-order valence-corrected chi connectivity index (χ0v) is 23.8. The molecule has 2 aromatic carbocycles. The smallest absolute Gasteiger partial charge is 0.420 e. The third-order valence-electron chi connectivity index (χ3n) is 6.62. The number of thiazole rings is 1. The van der Waals surface area contributed by atoms with Crippen LogP contribution in [0, 0.1) is 5.82 Å². The van der Waals surface area contributed by atoms with E-state index in [9.17, 15) is 26.0 Å². The number of benzene rings is 2. The van der Waals surface area contributed by atoms with Crippen molar-refractivity contribution in [1.82, 2.24) is 24.8 Å². The lowest BCUT2D eigenvalue weighted by Crippen LogP contribution is -2.20. The second-order valence-corrected chi connectivity index (χ2v) is 12.9. The van der Waals surface area contributed by atoms with Crippen molar-refractivity contribution in [3.8, 4) is 17.1 Å². The van der Waals surface area contributed by atoms with E-state index in [2.05, 4.69) is 25.3 Å². The highest BCUT2D eigenvalue weighted by atomic mass is 32.2. The number of rotatable bonds is 8. The predicted molar refractivity (Wildman–Crippen MR) is 153 cm³/mol. The lowest BCUT2D eigenvalue weighted by atomic mass is 10.1. The molecule has 222 valence electrons. The van der Waals surface area contributed by atoms with E-state index in [0.717, 1.165) is 11.1 Å². The SMILES string of the molecule is O=S1(=O)CCN(Cc2nc(-c3cc4c(Nc5ccc(OCc6cccc(F)c6)c(C(F)(F)F)c5)ncnc4cn3)cs2)C1. The summed E-state index contributed by atoms with van der Waals surface area (Å²) in [5.41, 5.74) is 1.03. The number of alkyl halides is 3. The molecule has 1 aliphatic rings. The molecule has 0 unspecified atom stereocenters. The van der Waals surface area contributed by atoms with E-state index in [1.807, 2.05) is 10.3 Å². The van der Waals surface area contributed by atoms with Gasteiger partial charge in [0.25, 0.3) is 0 Å². The van der Waals surface area contributed by atoms with Crippen LogP contribution in [0.4, 0.5) is 29.1 Å². The van der Waals surface area contributed by atoms with Crippen LogP contribution in [-0.2, 0) is 29.2 Å². The number of sulfone groups is 1. The maximum atomic E-state index is 14.0. The fourth-order valence-corrected chi connectivity index (χ4v) is 6.84. The topological polar surface area (TPSA) is 110 Å². The number of ether oxygens (including phenoxy) is 1. The highest BCUT2D eigenvalue weighted by Gasteiger charge is 2.35. The number of anilines is 2. The van der Waals surface area contributed by atoms with Crippen molar-refractivity contribution in [1.29, 1.82) is 0 Å². The second kappa shape index (κ2) is 11.5. The first kappa shape index (κ1) is 28.9. The Morgan fingerprint density at radius 1 is 1.05 bits per heavy atom. The summed E-state index contributed by atoms with van der Waals surface area (Å²) < 4.78 is 84.3. The summed E-state index contributed by atoms with van der Waals surface area (Å²) >= 11 is 1.38. The van der Waals surface area contributed by atoms with Gasteiger partial charge in [0.1, 0.15) is 41.2 Å². The van der Waals surface area contributed by atoms with Gasteiger partial charge in [-0.1, -0.05) is 12.1 Å². The summed E-state index contributed by atoms with van der Waals surface area (Å²) in [5.74, 6) is -0.525. The Hall–Kier alpha value is -4.21. The summed E-state index contributed by atoms with van der Waals surface area (Å²) in [7, 11) is -3.06. The molecule has 6 rings (SSSR count). The average Bonchev–Trinajstić information content (AvgIpc) is 3.57. The first-order valence-electron chi connectivity index (χ1n) is 12.9. The van der Waals surface area contributed by atoms with Crippen molar-refractivity contribution in [2.45, 2.75) is 19.3 Å².